The molecule has 0 unspecified atom stereocenters. The second kappa shape index (κ2) is 12.1. The number of hydrogen-bond donors (Lipinski definition) is 2. The number of anilines is 1. The first kappa shape index (κ1) is 27.1. The van der Waals surface area contributed by atoms with E-state index in [1.165, 1.54) is 0 Å². The third-order valence-corrected chi connectivity index (χ3v) is 7.92. The van der Waals surface area contributed by atoms with Gasteiger partial charge >= 0.3 is 0 Å². The normalized spacial score (nSPS) is 12.1. The molecule has 38 heavy (non-hydrogen) atoms. The Morgan fingerprint density at radius 2 is 1.34 bits per heavy atom. The molecule has 1 atom stereocenters. The van der Waals surface area contributed by atoms with Crippen LogP contribution in [0, 0.1) is 20.8 Å². The first-order valence-electron chi connectivity index (χ1n) is 12.4. The molecule has 0 aliphatic rings. The molecule has 0 aromatic heterocycles. The Morgan fingerprint density at radius 3 is 1.92 bits per heavy atom. The van der Waals surface area contributed by atoms with Crippen molar-refractivity contribution < 1.29 is 17.9 Å². The molecule has 0 heterocycles. The molecule has 4 rings (SSSR count). The average molecular weight is 529 g/mol. The van der Waals surface area contributed by atoms with E-state index in [-0.39, 0.29) is 11.3 Å². The van der Waals surface area contributed by atoms with Crippen LogP contribution in [-0.4, -0.2) is 20.4 Å². The monoisotopic (exact) mass is 528 g/mol. The number of carbonyl (C=O) groups is 1. The zero-order valence-electron chi connectivity index (χ0n) is 21.8. The van der Waals surface area contributed by atoms with Crippen LogP contribution in [0.3, 0.4) is 0 Å². The van der Waals surface area contributed by atoms with Gasteiger partial charge in [0.1, 0.15) is 18.4 Å². The Kier molecular flexibility index (Phi) is 8.61. The zero-order chi connectivity index (χ0) is 27.1. The predicted octanol–water partition coefficient (Wildman–Crippen LogP) is 5.72. The molecule has 4 aromatic carbocycles. The van der Waals surface area contributed by atoms with Gasteiger partial charge in [-0.3, -0.25) is 4.79 Å². The molecule has 0 bridgehead atoms. The molecular weight excluding hydrogens is 496 g/mol. The zero-order valence-corrected chi connectivity index (χ0v) is 22.6. The first-order valence-corrected chi connectivity index (χ1v) is 13.9. The van der Waals surface area contributed by atoms with Crippen LogP contribution in [0.25, 0.3) is 0 Å². The van der Waals surface area contributed by atoms with Crippen LogP contribution in [0.5, 0.6) is 5.75 Å². The maximum absolute atomic E-state index is 13.5. The van der Waals surface area contributed by atoms with Crippen LogP contribution in [-0.2, 0) is 27.8 Å². The lowest BCUT2D eigenvalue weighted by Crippen LogP contribution is -2.45. The van der Waals surface area contributed by atoms with Gasteiger partial charge in [-0.05, 0) is 73.7 Å². The summed E-state index contributed by atoms with van der Waals surface area (Å²) in [5, 5.41) is 2.85. The topological polar surface area (TPSA) is 84.5 Å². The minimum absolute atomic E-state index is 0.203. The summed E-state index contributed by atoms with van der Waals surface area (Å²) in [6, 6.07) is 28.8. The van der Waals surface area contributed by atoms with Crippen molar-refractivity contribution in [2.24, 2.45) is 0 Å². The van der Waals surface area contributed by atoms with Crippen LogP contribution in [0.2, 0.25) is 0 Å². The van der Waals surface area contributed by atoms with Gasteiger partial charge in [-0.1, -0.05) is 78.4 Å². The van der Waals surface area contributed by atoms with Gasteiger partial charge in [-0.2, -0.15) is 4.72 Å². The van der Waals surface area contributed by atoms with E-state index >= 15 is 0 Å². The summed E-state index contributed by atoms with van der Waals surface area (Å²) in [6.45, 7) is 5.89. The molecule has 0 aliphatic heterocycles. The van der Waals surface area contributed by atoms with Gasteiger partial charge < -0.3 is 10.1 Å². The fraction of sp³-hybridized carbons (Fsp3) is 0.194. The van der Waals surface area contributed by atoms with Crippen molar-refractivity contribution in [2.75, 3.05) is 5.32 Å². The highest BCUT2D eigenvalue weighted by Gasteiger charge is 2.28. The van der Waals surface area contributed by atoms with Crippen LogP contribution < -0.4 is 14.8 Å². The minimum atomic E-state index is -3.97. The number of amides is 1. The Labute approximate surface area is 224 Å². The third kappa shape index (κ3) is 7.09. The van der Waals surface area contributed by atoms with E-state index in [0.717, 1.165) is 16.7 Å². The molecular formula is C31H32N2O4S. The molecule has 196 valence electrons. The quantitative estimate of drug-likeness (QED) is 0.276. The molecule has 0 aliphatic carbocycles. The standard InChI is InChI=1S/C31H32N2O4S/c1-22-18-23(2)30(24(3)19-22)38(35,36)33-29(20-25-10-6-4-7-11-25)31(34)32-27-14-16-28(17-15-27)37-21-26-12-8-5-9-13-26/h4-19,29,33H,20-21H2,1-3H3,(H,32,34)/t29-/m0/s1. The largest absolute Gasteiger partial charge is 0.489 e. The SMILES string of the molecule is Cc1cc(C)c(S(=O)(=O)N[C@@H](Cc2ccccc2)C(=O)Nc2ccc(OCc3ccccc3)cc2)c(C)c1. The molecule has 0 spiro atoms. The first-order chi connectivity index (χ1) is 18.2. The van der Waals surface area contributed by atoms with Crippen molar-refractivity contribution in [3.05, 3.63) is 125 Å². The van der Waals surface area contributed by atoms with Gasteiger partial charge in [0.15, 0.2) is 0 Å². The van der Waals surface area contributed by atoms with Crippen molar-refractivity contribution in [3.63, 3.8) is 0 Å². The molecule has 6 nitrogen and oxygen atoms in total. The molecule has 0 radical (unpaired) electrons. The van der Waals surface area contributed by atoms with Gasteiger partial charge in [0.25, 0.3) is 0 Å². The molecule has 0 saturated heterocycles. The van der Waals surface area contributed by atoms with E-state index in [9.17, 15) is 13.2 Å². The molecule has 7 heteroatoms. The van der Waals surface area contributed by atoms with E-state index in [1.54, 1.807) is 38.1 Å². The van der Waals surface area contributed by atoms with Crippen molar-refractivity contribution in [2.45, 2.75) is 44.7 Å². The third-order valence-electron chi connectivity index (χ3n) is 6.14. The van der Waals surface area contributed by atoms with Crippen molar-refractivity contribution in [1.82, 2.24) is 4.72 Å². The molecule has 2 N–H and O–H groups in total. The Balaban J connectivity index is 1.51. The van der Waals surface area contributed by atoms with Crippen LogP contribution in [0.4, 0.5) is 5.69 Å². The number of benzene rings is 4. The van der Waals surface area contributed by atoms with E-state index in [1.807, 2.05) is 79.7 Å². The minimum Gasteiger partial charge on any atom is -0.489 e. The highest BCUT2D eigenvalue weighted by molar-refractivity contribution is 7.89. The van der Waals surface area contributed by atoms with Crippen LogP contribution >= 0.6 is 0 Å². The number of aryl methyl sites for hydroxylation is 3. The molecule has 1 amide bonds. The van der Waals surface area contributed by atoms with Gasteiger partial charge in [-0.25, -0.2) is 8.42 Å². The van der Waals surface area contributed by atoms with Crippen LogP contribution in [0.1, 0.15) is 27.8 Å². The Hall–Kier alpha value is -3.94. The fourth-order valence-electron chi connectivity index (χ4n) is 4.48. The smallest absolute Gasteiger partial charge is 0.242 e. The average Bonchev–Trinajstić information content (AvgIpc) is 2.88. The van der Waals surface area contributed by atoms with Crippen molar-refractivity contribution in [3.8, 4) is 5.75 Å². The Morgan fingerprint density at radius 1 is 0.789 bits per heavy atom. The Bertz CT molecular complexity index is 1460. The summed E-state index contributed by atoms with van der Waals surface area (Å²) in [5.41, 5.74) is 4.70. The van der Waals surface area contributed by atoms with Crippen molar-refractivity contribution >= 4 is 21.6 Å². The van der Waals surface area contributed by atoms with E-state index in [4.69, 9.17) is 4.74 Å². The lowest BCUT2D eigenvalue weighted by molar-refractivity contribution is -0.117. The van der Waals surface area contributed by atoms with E-state index < -0.39 is 22.0 Å². The number of carbonyl (C=O) groups excluding carboxylic acids is 1. The number of sulfonamides is 1. The number of ether oxygens (including phenoxy) is 1. The summed E-state index contributed by atoms with van der Waals surface area (Å²) >= 11 is 0. The van der Waals surface area contributed by atoms with E-state index in [2.05, 4.69) is 10.0 Å². The lowest BCUT2D eigenvalue weighted by atomic mass is 10.1. The second-order valence-corrected chi connectivity index (χ2v) is 11.0. The maximum atomic E-state index is 13.5. The summed E-state index contributed by atoms with van der Waals surface area (Å²) in [5.74, 6) is 0.219. The number of nitrogens with one attached hydrogen (secondary N) is 2. The highest BCUT2D eigenvalue weighted by atomic mass is 32.2. The molecule has 4 aromatic rings. The van der Waals surface area contributed by atoms with Gasteiger partial charge in [0.2, 0.25) is 15.9 Å². The van der Waals surface area contributed by atoms with Gasteiger partial charge in [-0.15, -0.1) is 0 Å². The fourth-order valence-corrected chi connectivity index (χ4v) is 6.13. The summed E-state index contributed by atoms with van der Waals surface area (Å²) < 4.78 is 35.4. The lowest BCUT2D eigenvalue weighted by Gasteiger charge is -2.21. The molecule has 0 saturated carbocycles. The maximum Gasteiger partial charge on any atom is 0.242 e. The van der Waals surface area contributed by atoms with Crippen molar-refractivity contribution in [1.29, 1.82) is 0 Å². The number of rotatable bonds is 10. The number of hydrogen-bond acceptors (Lipinski definition) is 4. The second-order valence-electron chi connectivity index (χ2n) is 9.38. The summed E-state index contributed by atoms with van der Waals surface area (Å²) in [6.07, 6.45) is 0.203. The van der Waals surface area contributed by atoms with Gasteiger partial charge in [0, 0.05) is 5.69 Å². The summed E-state index contributed by atoms with van der Waals surface area (Å²) in [4.78, 5) is 13.6. The highest BCUT2D eigenvalue weighted by Crippen LogP contribution is 2.23. The predicted molar refractivity (Wildman–Crippen MR) is 151 cm³/mol. The summed E-state index contributed by atoms with van der Waals surface area (Å²) in [7, 11) is -3.97. The van der Waals surface area contributed by atoms with Gasteiger partial charge in [0.05, 0.1) is 4.90 Å². The van der Waals surface area contributed by atoms with Crippen LogP contribution in [0.15, 0.2) is 102 Å². The van der Waals surface area contributed by atoms with E-state index in [0.29, 0.717) is 29.2 Å². The molecule has 0 fully saturated rings.